The van der Waals surface area contributed by atoms with Gasteiger partial charge in [0.1, 0.15) is 5.75 Å². The van der Waals surface area contributed by atoms with Gasteiger partial charge in [0.05, 0.1) is 12.1 Å². The van der Waals surface area contributed by atoms with Crippen molar-refractivity contribution in [3.63, 3.8) is 0 Å². The first-order valence-corrected chi connectivity index (χ1v) is 9.41. The number of aromatic hydroxyl groups is 1. The van der Waals surface area contributed by atoms with Crippen LogP contribution in [0.15, 0.2) is 24.3 Å². The molecule has 1 saturated carbocycles. The van der Waals surface area contributed by atoms with Gasteiger partial charge in [-0.15, -0.1) is 0 Å². The summed E-state index contributed by atoms with van der Waals surface area (Å²) in [6.07, 6.45) is 1.02. The molecule has 1 aliphatic carbocycles. The topological polar surface area (TPSA) is 93.1 Å². The number of carbonyl (C=O) groups excluding carboxylic acids is 2. The van der Waals surface area contributed by atoms with E-state index < -0.39 is 6.10 Å². The second-order valence-electron chi connectivity index (χ2n) is 7.64. The zero-order valence-corrected chi connectivity index (χ0v) is 16.4. The first-order valence-electron chi connectivity index (χ1n) is 9.41. The highest BCUT2D eigenvalue weighted by Crippen LogP contribution is 2.28. The highest BCUT2D eigenvalue weighted by Gasteiger charge is 2.38. The average molecular weight is 377 g/mol. The Morgan fingerprint density at radius 2 is 1.78 bits per heavy atom. The fourth-order valence-corrected chi connectivity index (χ4v) is 3.34. The number of aliphatic hydroxyl groups excluding tert-OH is 1. The molecule has 0 unspecified atom stereocenters. The number of rotatable bonds is 8. The maximum absolute atomic E-state index is 12.5. The van der Waals surface area contributed by atoms with E-state index in [1.807, 2.05) is 19.0 Å². The summed E-state index contributed by atoms with van der Waals surface area (Å²) in [5.41, 5.74) is 0.963. The van der Waals surface area contributed by atoms with Crippen molar-refractivity contribution in [2.45, 2.75) is 37.8 Å². The summed E-state index contributed by atoms with van der Waals surface area (Å²) in [4.78, 5) is 28.5. The Bertz CT molecular complexity index is 633. The lowest BCUT2D eigenvalue weighted by molar-refractivity contribution is -0.134. The molecule has 1 fully saturated rings. The Hall–Kier alpha value is -2.12. The molecule has 7 heteroatoms. The quantitative estimate of drug-likeness (QED) is 0.617. The molecule has 0 aliphatic heterocycles. The minimum Gasteiger partial charge on any atom is -0.508 e. The predicted octanol–water partition coefficient (Wildman–Crippen LogP) is 0.601. The molecule has 3 atom stereocenters. The van der Waals surface area contributed by atoms with E-state index in [-0.39, 0.29) is 29.5 Å². The lowest BCUT2D eigenvalue weighted by atomic mass is 10.1. The normalized spacial score (nSPS) is 22.0. The van der Waals surface area contributed by atoms with Crippen molar-refractivity contribution in [1.82, 2.24) is 15.1 Å². The minimum atomic E-state index is -0.696. The Labute approximate surface area is 161 Å². The van der Waals surface area contributed by atoms with E-state index in [1.54, 1.807) is 36.2 Å². The monoisotopic (exact) mass is 377 g/mol. The van der Waals surface area contributed by atoms with Gasteiger partial charge in [0.15, 0.2) is 0 Å². The molecular formula is C20H31N3O4. The molecule has 2 amide bonds. The van der Waals surface area contributed by atoms with Gasteiger partial charge in [-0.25, -0.2) is 0 Å². The number of nitrogens with one attached hydrogen (secondary N) is 1. The molecular weight excluding hydrogens is 346 g/mol. The average Bonchev–Trinajstić information content (AvgIpc) is 2.99. The van der Waals surface area contributed by atoms with Crippen LogP contribution in [0.5, 0.6) is 5.75 Å². The lowest BCUT2D eigenvalue weighted by Crippen LogP contribution is -2.40. The molecule has 27 heavy (non-hydrogen) atoms. The van der Waals surface area contributed by atoms with E-state index in [2.05, 4.69) is 5.32 Å². The van der Waals surface area contributed by atoms with Gasteiger partial charge in [-0.2, -0.15) is 0 Å². The Morgan fingerprint density at radius 1 is 1.11 bits per heavy atom. The van der Waals surface area contributed by atoms with Gasteiger partial charge in [-0.1, -0.05) is 12.1 Å². The smallest absolute Gasteiger partial charge is 0.225 e. The van der Waals surface area contributed by atoms with E-state index >= 15 is 0 Å². The summed E-state index contributed by atoms with van der Waals surface area (Å²) in [7, 11) is 5.70. The van der Waals surface area contributed by atoms with Crippen LogP contribution in [-0.4, -0.2) is 78.2 Å². The summed E-state index contributed by atoms with van der Waals surface area (Å²) in [5.74, 6) is -0.170. The fraction of sp³-hybridized carbons (Fsp3) is 0.600. The van der Waals surface area contributed by atoms with Crippen LogP contribution in [0.3, 0.4) is 0 Å². The number of benzene rings is 1. The first-order chi connectivity index (χ1) is 12.8. The molecule has 1 aromatic rings. The van der Waals surface area contributed by atoms with Crippen LogP contribution in [-0.2, 0) is 16.0 Å². The summed E-state index contributed by atoms with van der Waals surface area (Å²) < 4.78 is 0. The second-order valence-corrected chi connectivity index (χ2v) is 7.64. The molecule has 150 valence electrons. The van der Waals surface area contributed by atoms with Crippen LogP contribution in [0.25, 0.3) is 0 Å². The number of likely N-dealkylation sites (N-methyl/N-ethyl adjacent to an activating group) is 2. The van der Waals surface area contributed by atoms with Crippen LogP contribution in [0, 0.1) is 5.92 Å². The number of hydrogen-bond donors (Lipinski definition) is 3. The number of phenolic OH excluding ortho intramolecular Hbond substituents is 1. The molecule has 7 nitrogen and oxygen atoms in total. The molecule has 0 spiro atoms. The van der Waals surface area contributed by atoms with Gasteiger partial charge in [0.2, 0.25) is 11.8 Å². The maximum Gasteiger partial charge on any atom is 0.225 e. The third-order valence-corrected chi connectivity index (χ3v) is 5.06. The van der Waals surface area contributed by atoms with Crippen LogP contribution >= 0.6 is 0 Å². The van der Waals surface area contributed by atoms with Crippen molar-refractivity contribution >= 4 is 11.8 Å². The number of hydrogen-bond acceptors (Lipinski definition) is 5. The van der Waals surface area contributed by atoms with E-state index in [0.29, 0.717) is 32.2 Å². The van der Waals surface area contributed by atoms with Crippen LogP contribution < -0.4 is 5.32 Å². The second kappa shape index (κ2) is 9.71. The molecule has 0 radical (unpaired) electrons. The first kappa shape index (κ1) is 21.2. The van der Waals surface area contributed by atoms with Crippen molar-refractivity contribution in [1.29, 1.82) is 0 Å². The molecule has 2 rings (SSSR count). The Morgan fingerprint density at radius 3 is 2.41 bits per heavy atom. The lowest BCUT2D eigenvalue weighted by Gasteiger charge is -2.22. The van der Waals surface area contributed by atoms with Crippen molar-refractivity contribution in [2.24, 2.45) is 5.92 Å². The highest BCUT2D eigenvalue weighted by molar-refractivity contribution is 5.80. The van der Waals surface area contributed by atoms with Gasteiger partial charge in [0, 0.05) is 32.5 Å². The van der Waals surface area contributed by atoms with Crippen molar-refractivity contribution in [3.8, 4) is 5.75 Å². The van der Waals surface area contributed by atoms with E-state index in [4.69, 9.17) is 0 Å². The molecule has 0 saturated heterocycles. The molecule has 0 bridgehead atoms. The molecule has 1 aliphatic rings. The zero-order valence-electron chi connectivity index (χ0n) is 16.4. The fourth-order valence-electron chi connectivity index (χ4n) is 3.34. The maximum atomic E-state index is 12.5. The van der Waals surface area contributed by atoms with Crippen molar-refractivity contribution < 1.29 is 19.8 Å². The zero-order chi connectivity index (χ0) is 20.0. The third-order valence-electron chi connectivity index (χ3n) is 5.06. The number of aryl methyl sites for hydroxylation is 1. The van der Waals surface area contributed by atoms with Gasteiger partial charge in [0.25, 0.3) is 0 Å². The molecule has 0 aromatic heterocycles. The number of phenols is 1. The summed E-state index contributed by atoms with van der Waals surface area (Å²) >= 11 is 0. The van der Waals surface area contributed by atoms with E-state index in [0.717, 1.165) is 12.1 Å². The molecule has 3 N–H and O–H groups in total. The number of aliphatic hydroxyl groups is 1. The van der Waals surface area contributed by atoms with Gasteiger partial charge < -0.3 is 25.3 Å². The van der Waals surface area contributed by atoms with Crippen LogP contribution in [0.2, 0.25) is 0 Å². The standard InChI is InChI=1S/C20H31N3O4/c1-22(2)10-11-23(3)20(27)15-12-17(18(25)13-15)21-19(26)9-6-14-4-7-16(24)8-5-14/h4-5,7-8,15,17-18,24-25H,6,9-13H2,1-3H3,(H,21,26)/t15-,17-,18-/m0/s1. The predicted molar refractivity (Wildman–Crippen MR) is 103 cm³/mol. The van der Waals surface area contributed by atoms with Crippen molar-refractivity contribution in [2.75, 3.05) is 34.2 Å². The van der Waals surface area contributed by atoms with Gasteiger partial charge in [-0.05, 0) is 51.1 Å². The van der Waals surface area contributed by atoms with E-state index in [1.165, 1.54) is 0 Å². The molecule has 0 heterocycles. The number of amides is 2. The SMILES string of the molecule is CN(C)CCN(C)C(=O)[C@H]1C[C@H](NC(=O)CCc2ccc(O)cc2)[C@@H](O)C1. The number of nitrogens with zero attached hydrogens (tertiary/aromatic N) is 2. The number of carbonyl (C=O) groups is 2. The van der Waals surface area contributed by atoms with Crippen LogP contribution in [0.1, 0.15) is 24.8 Å². The molecule has 1 aromatic carbocycles. The van der Waals surface area contributed by atoms with Gasteiger partial charge in [-0.3, -0.25) is 9.59 Å². The van der Waals surface area contributed by atoms with E-state index in [9.17, 15) is 19.8 Å². The summed E-state index contributed by atoms with van der Waals surface area (Å²) in [5, 5.41) is 22.4. The van der Waals surface area contributed by atoms with Crippen LogP contribution in [0.4, 0.5) is 0 Å². The summed E-state index contributed by atoms with van der Waals surface area (Å²) in [6, 6.07) is 6.37. The third kappa shape index (κ3) is 6.52. The highest BCUT2D eigenvalue weighted by atomic mass is 16.3. The minimum absolute atomic E-state index is 0.0248. The van der Waals surface area contributed by atoms with Gasteiger partial charge >= 0.3 is 0 Å². The largest absolute Gasteiger partial charge is 0.508 e. The Balaban J connectivity index is 1.78. The Kier molecular flexibility index (Phi) is 7.62. The van der Waals surface area contributed by atoms with Crippen molar-refractivity contribution in [3.05, 3.63) is 29.8 Å². The summed E-state index contributed by atoms with van der Waals surface area (Å²) in [6.45, 7) is 1.43.